The molecule has 2 heterocycles. The second-order valence-corrected chi connectivity index (χ2v) is 15.4. The maximum atomic E-state index is 12.8. The first kappa shape index (κ1) is 25.3. The molecule has 2 atom stereocenters. The van der Waals surface area contributed by atoms with E-state index in [9.17, 15) is 19.2 Å². The minimum atomic E-state index is -0.326. The van der Waals surface area contributed by atoms with Crippen molar-refractivity contribution in [3.63, 3.8) is 0 Å². The average Bonchev–Trinajstić information content (AvgIpc) is 3.20. The van der Waals surface area contributed by atoms with Gasteiger partial charge in [0.2, 0.25) is 11.8 Å². The van der Waals surface area contributed by atoms with Crippen molar-refractivity contribution in [3.05, 3.63) is 24.3 Å². The van der Waals surface area contributed by atoms with Crippen molar-refractivity contribution < 1.29 is 36.4 Å². The van der Waals surface area contributed by atoms with E-state index in [0.717, 1.165) is 30.8 Å². The van der Waals surface area contributed by atoms with Gasteiger partial charge in [0, 0.05) is 6.42 Å². The first-order valence-corrected chi connectivity index (χ1v) is 20.2. The fourth-order valence-corrected chi connectivity index (χ4v) is 8.94. The van der Waals surface area contributed by atoms with Crippen LogP contribution in [0.15, 0.2) is 24.3 Å². The van der Waals surface area contributed by atoms with E-state index >= 15 is 0 Å². The smallest absolute Gasteiger partial charge is 0.247 e. The largest absolute Gasteiger partial charge is 0.273 e. The summed E-state index contributed by atoms with van der Waals surface area (Å²) in [6, 6.07) is 6.60. The summed E-state index contributed by atoms with van der Waals surface area (Å²) >= 11 is 5.79. The predicted octanol–water partition coefficient (Wildman–Crippen LogP) is 1.05. The van der Waals surface area contributed by atoms with E-state index in [-0.39, 0.29) is 64.2 Å². The Morgan fingerprint density at radius 3 is 1.74 bits per heavy atom. The van der Waals surface area contributed by atoms with Crippen LogP contribution in [-0.4, -0.2) is 50.1 Å². The molecule has 0 N–H and O–H groups in total. The molecule has 6 nitrogen and oxygen atoms in total. The molecule has 2 aliphatic heterocycles. The molecule has 0 bridgehead atoms. The third-order valence-electron chi connectivity index (χ3n) is 5.06. The fraction of sp³-hybridized carbons (Fsp3) is 0.524. The van der Waals surface area contributed by atoms with Crippen molar-refractivity contribution >= 4 is 77.1 Å². The van der Waals surface area contributed by atoms with Crippen molar-refractivity contribution in [3.8, 4) is 0 Å². The number of benzene rings is 1. The van der Waals surface area contributed by atoms with Gasteiger partial charge in [0.15, 0.2) is 0 Å². The van der Waals surface area contributed by atoms with Crippen LogP contribution in [0.2, 0.25) is 0 Å². The van der Waals surface area contributed by atoms with Crippen molar-refractivity contribution in [2.45, 2.75) is 49.5 Å². The Bertz CT molecular complexity index is 837. The number of hydrogen-bond donors (Lipinski definition) is 0. The zero-order chi connectivity index (χ0) is 22.4. The number of carbonyl (C=O) groups excluding carboxylic acids is 4. The van der Waals surface area contributed by atoms with Gasteiger partial charge in [0.25, 0.3) is 0 Å². The average molecular weight is 687 g/mol. The Kier molecular flexibility index (Phi) is 9.96. The molecule has 0 saturated carbocycles. The van der Waals surface area contributed by atoms with Gasteiger partial charge in [-0.1, -0.05) is 13.3 Å². The molecule has 170 valence electrons. The molecule has 31 heavy (non-hydrogen) atoms. The molecule has 0 aliphatic carbocycles. The predicted molar refractivity (Wildman–Crippen MR) is 132 cm³/mol. The first-order valence-electron chi connectivity index (χ1n) is 10.2. The molecule has 0 spiro atoms. The van der Waals surface area contributed by atoms with Crippen LogP contribution in [0.3, 0.4) is 0 Å². The summed E-state index contributed by atoms with van der Waals surface area (Å²) in [5.41, 5.74) is 0.984. The van der Waals surface area contributed by atoms with E-state index in [1.807, 2.05) is 0 Å². The van der Waals surface area contributed by atoms with Gasteiger partial charge in [-0.25, -0.2) is 0 Å². The van der Waals surface area contributed by atoms with Crippen molar-refractivity contribution in [2.75, 3.05) is 25.7 Å². The third kappa shape index (κ3) is 6.17. The summed E-state index contributed by atoms with van der Waals surface area (Å²) in [6.07, 6.45) is 3.61. The van der Waals surface area contributed by atoms with E-state index in [1.54, 1.807) is 47.8 Å². The van der Waals surface area contributed by atoms with Gasteiger partial charge in [0.1, 0.15) is 0 Å². The zero-order valence-electron chi connectivity index (χ0n) is 17.2. The molecule has 1 aromatic rings. The Labute approximate surface area is 211 Å². The Morgan fingerprint density at radius 1 is 0.871 bits per heavy atom. The Hall–Kier alpha value is -0.340. The van der Waals surface area contributed by atoms with E-state index < -0.39 is 0 Å². The minimum Gasteiger partial charge on any atom is -0.273 e. The minimum absolute atomic E-state index is 0.173. The molecule has 4 amide bonds. The van der Waals surface area contributed by atoms with E-state index in [1.165, 1.54) is 14.2 Å². The monoisotopic (exact) mass is 687 g/mol. The second kappa shape index (κ2) is 12.2. The quantitative estimate of drug-likeness (QED) is 0.150. The number of hydrogen-bond acceptors (Lipinski definition) is 6. The van der Waals surface area contributed by atoms with Gasteiger partial charge >= 0.3 is 143 Å². The molecule has 2 saturated heterocycles. The summed E-state index contributed by atoms with van der Waals surface area (Å²) in [5, 5.41) is -0.644. The molecular weight excluding hydrogens is 662 g/mol. The number of thioether (sulfide) groups is 2. The first-order chi connectivity index (χ1) is 15.0. The van der Waals surface area contributed by atoms with E-state index in [2.05, 4.69) is 25.5 Å². The number of amides is 4. The molecule has 3 rings (SSSR count). The number of nitrogens with zero attached hydrogens (tertiary/aromatic N) is 2. The van der Waals surface area contributed by atoms with Crippen LogP contribution in [0.25, 0.3) is 0 Å². The van der Waals surface area contributed by atoms with Gasteiger partial charge in [-0.2, -0.15) is 0 Å². The van der Waals surface area contributed by atoms with E-state index in [0.29, 0.717) is 11.4 Å². The summed E-state index contributed by atoms with van der Waals surface area (Å²) in [6.45, 7) is 2.10. The van der Waals surface area contributed by atoms with Gasteiger partial charge in [-0.15, -0.1) is 11.8 Å². The van der Waals surface area contributed by atoms with Crippen LogP contribution < -0.4 is 27.0 Å². The maximum absolute atomic E-state index is 12.8. The van der Waals surface area contributed by atoms with Crippen molar-refractivity contribution in [1.82, 2.24) is 0 Å². The SMILES string of the molecule is CCCCSC1CC(=O)N(c2ccc(N3C(=O)CC(SCCC[I-]I)C3=O)cc2)C1=O. The van der Waals surface area contributed by atoms with Crippen LogP contribution in [0.5, 0.6) is 0 Å². The summed E-state index contributed by atoms with van der Waals surface area (Å²) in [7, 11) is 0. The Balaban J connectivity index is 1.64. The van der Waals surface area contributed by atoms with Gasteiger partial charge in [-0.05, 0) is 12.2 Å². The van der Waals surface area contributed by atoms with Crippen molar-refractivity contribution in [1.29, 1.82) is 0 Å². The summed E-state index contributed by atoms with van der Waals surface area (Å²) < 4.78 is 1.22. The number of carbonyl (C=O) groups is 4. The summed E-state index contributed by atoms with van der Waals surface area (Å²) in [5.74, 6) is 1.01. The number of rotatable bonds is 11. The topological polar surface area (TPSA) is 74.8 Å². The molecule has 10 heteroatoms. The van der Waals surface area contributed by atoms with Gasteiger partial charge < -0.3 is 0 Å². The maximum Gasteiger partial charge on any atom is 0.247 e. The number of halogens is 2. The number of unbranched alkanes of at least 4 members (excludes halogenated alkanes) is 1. The fourth-order valence-electron chi connectivity index (χ4n) is 3.46. The normalized spacial score (nSPS) is 21.7. The molecule has 2 unspecified atom stereocenters. The van der Waals surface area contributed by atoms with Gasteiger partial charge in [-0.3, -0.25) is 9.59 Å². The second-order valence-electron chi connectivity index (χ2n) is 7.28. The van der Waals surface area contributed by atoms with Crippen LogP contribution in [0.1, 0.15) is 39.0 Å². The molecule has 1 aromatic carbocycles. The molecule has 2 aliphatic rings. The number of alkyl halides is 1. The van der Waals surface area contributed by atoms with Gasteiger partial charge in [0.05, 0.1) is 5.25 Å². The summed E-state index contributed by atoms with van der Waals surface area (Å²) in [4.78, 5) is 52.9. The van der Waals surface area contributed by atoms with Crippen LogP contribution in [-0.2, 0) is 19.2 Å². The third-order valence-corrected chi connectivity index (χ3v) is 11.6. The Morgan fingerprint density at radius 2 is 1.32 bits per heavy atom. The van der Waals surface area contributed by atoms with Crippen LogP contribution in [0.4, 0.5) is 11.4 Å². The molecular formula is C21H25I2N2O4S2-. The standard InChI is InChI=1S/C21H25I2N2O4S2/c1-2-3-10-30-16-12-18(26)24(20(16)28)14-5-7-15(8-6-14)25-19(27)13-17(21(25)29)31-11-4-9-23-22/h5-8,16-17H,2-4,9-13H2,1H3/q-1. The van der Waals surface area contributed by atoms with E-state index in [4.69, 9.17) is 0 Å². The number of imide groups is 2. The molecule has 0 radical (unpaired) electrons. The van der Waals surface area contributed by atoms with Crippen LogP contribution >= 0.6 is 42.1 Å². The van der Waals surface area contributed by atoms with Crippen LogP contribution in [0, 0.1) is 0 Å². The van der Waals surface area contributed by atoms with Crippen molar-refractivity contribution in [2.24, 2.45) is 0 Å². The number of anilines is 2. The molecule has 0 aromatic heterocycles. The molecule has 2 fully saturated rings. The zero-order valence-corrected chi connectivity index (χ0v) is 23.2.